The molecule has 2 unspecified atom stereocenters. The lowest BCUT2D eigenvalue weighted by atomic mass is 9.85. The maximum atomic E-state index is 11.0. The van der Waals surface area contributed by atoms with Crippen LogP contribution in [0.1, 0.15) is 43.1 Å². The van der Waals surface area contributed by atoms with Crippen LogP contribution in [-0.4, -0.2) is 29.1 Å². The molecule has 0 spiro atoms. The Bertz CT molecular complexity index is 476. The number of nitrogens with two attached hydrogens (primary N) is 1. The molecule has 0 aliphatic heterocycles. The number of rotatable bonds is 3. The van der Waals surface area contributed by atoms with Crippen molar-refractivity contribution in [3.63, 3.8) is 0 Å². The Morgan fingerprint density at radius 1 is 1.42 bits per heavy atom. The van der Waals surface area contributed by atoms with Gasteiger partial charge in [0, 0.05) is 13.1 Å². The summed E-state index contributed by atoms with van der Waals surface area (Å²) in [6, 6.07) is 3.45. The molecule has 0 aromatic carbocycles. The molecule has 0 radical (unpaired) electrons. The van der Waals surface area contributed by atoms with Crippen LogP contribution in [0.25, 0.3) is 0 Å². The zero-order valence-electron chi connectivity index (χ0n) is 11.5. The van der Waals surface area contributed by atoms with Crippen LogP contribution in [0.4, 0.5) is 11.5 Å². The molecule has 104 valence electrons. The molecular formula is C14H21N3O2. The molecular weight excluding hydrogens is 242 g/mol. The summed E-state index contributed by atoms with van der Waals surface area (Å²) in [5, 5.41) is 9.02. The summed E-state index contributed by atoms with van der Waals surface area (Å²) < 4.78 is 0. The molecule has 0 amide bonds. The van der Waals surface area contributed by atoms with Gasteiger partial charge in [-0.1, -0.05) is 19.8 Å². The van der Waals surface area contributed by atoms with Gasteiger partial charge in [-0.3, -0.25) is 0 Å². The lowest BCUT2D eigenvalue weighted by molar-refractivity contribution is 0.0690. The van der Waals surface area contributed by atoms with Gasteiger partial charge >= 0.3 is 5.97 Å². The standard InChI is InChI=1S/C14H21N3O2/c1-9-5-3-4-6-12(9)17(2)13-10(15)7-8-11(16-13)14(18)19/h7-9,12H,3-6,15H2,1-2H3,(H,18,19). The van der Waals surface area contributed by atoms with Crippen LogP contribution in [-0.2, 0) is 0 Å². The fraction of sp³-hybridized carbons (Fsp3) is 0.571. The molecule has 1 aliphatic rings. The summed E-state index contributed by atoms with van der Waals surface area (Å²) >= 11 is 0. The summed E-state index contributed by atoms with van der Waals surface area (Å²) in [5.74, 6) is 0.137. The Hall–Kier alpha value is -1.78. The van der Waals surface area contributed by atoms with E-state index in [2.05, 4.69) is 11.9 Å². The second kappa shape index (κ2) is 5.47. The van der Waals surface area contributed by atoms with Crippen molar-refractivity contribution in [2.45, 2.75) is 38.6 Å². The number of hydrogen-bond donors (Lipinski definition) is 2. The van der Waals surface area contributed by atoms with Crippen molar-refractivity contribution in [1.29, 1.82) is 0 Å². The highest BCUT2D eigenvalue weighted by atomic mass is 16.4. The van der Waals surface area contributed by atoms with E-state index in [-0.39, 0.29) is 5.69 Å². The third-order valence-corrected chi connectivity index (χ3v) is 4.02. The highest BCUT2D eigenvalue weighted by Crippen LogP contribution is 2.31. The van der Waals surface area contributed by atoms with Crippen molar-refractivity contribution in [2.24, 2.45) is 5.92 Å². The van der Waals surface area contributed by atoms with Gasteiger partial charge in [-0.2, -0.15) is 0 Å². The molecule has 1 fully saturated rings. The van der Waals surface area contributed by atoms with Crippen molar-refractivity contribution in [2.75, 3.05) is 17.7 Å². The third-order valence-electron chi connectivity index (χ3n) is 4.02. The van der Waals surface area contributed by atoms with Crippen molar-refractivity contribution < 1.29 is 9.90 Å². The maximum Gasteiger partial charge on any atom is 0.354 e. The molecule has 0 bridgehead atoms. The smallest absolute Gasteiger partial charge is 0.354 e. The number of aromatic carboxylic acids is 1. The van der Waals surface area contributed by atoms with Crippen molar-refractivity contribution in [3.8, 4) is 0 Å². The number of carbonyl (C=O) groups is 1. The summed E-state index contributed by atoms with van der Waals surface area (Å²) in [6.07, 6.45) is 4.78. The fourth-order valence-electron chi connectivity index (χ4n) is 2.89. The van der Waals surface area contributed by atoms with E-state index in [9.17, 15) is 4.79 Å². The first kappa shape index (κ1) is 13.6. The molecule has 3 N–H and O–H groups in total. The Labute approximate surface area is 113 Å². The van der Waals surface area contributed by atoms with Gasteiger partial charge in [-0.25, -0.2) is 9.78 Å². The van der Waals surface area contributed by atoms with Crippen LogP contribution >= 0.6 is 0 Å². The van der Waals surface area contributed by atoms with Crippen molar-refractivity contribution >= 4 is 17.5 Å². The molecule has 5 heteroatoms. The summed E-state index contributed by atoms with van der Waals surface area (Å²) in [4.78, 5) is 17.2. The minimum Gasteiger partial charge on any atom is -0.477 e. The summed E-state index contributed by atoms with van der Waals surface area (Å²) in [7, 11) is 1.96. The molecule has 5 nitrogen and oxygen atoms in total. The molecule has 1 heterocycles. The predicted octanol–water partition coefficient (Wildman–Crippen LogP) is 2.38. The van der Waals surface area contributed by atoms with Gasteiger partial charge in [0.1, 0.15) is 0 Å². The first-order chi connectivity index (χ1) is 9.00. The van der Waals surface area contributed by atoms with E-state index in [1.54, 1.807) is 6.07 Å². The second-order valence-electron chi connectivity index (χ2n) is 5.35. The van der Waals surface area contributed by atoms with Crippen molar-refractivity contribution in [1.82, 2.24) is 4.98 Å². The quantitative estimate of drug-likeness (QED) is 0.875. The van der Waals surface area contributed by atoms with E-state index < -0.39 is 5.97 Å². The van der Waals surface area contributed by atoms with E-state index in [0.29, 0.717) is 23.5 Å². The molecule has 1 aromatic heterocycles. The Kier molecular flexibility index (Phi) is 3.93. The van der Waals surface area contributed by atoms with Gasteiger partial charge in [-0.05, 0) is 30.9 Å². The summed E-state index contributed by atoms with van der Waals surface area (Å²) in [5.41, 5.74) is 6.52. The van der Waals surface area contributed by atoms with Crippen molar-refractivity contribution in [3.05, 3.63) is 17.8 Å². The van der Waals surface area contributed by atoms with E-state index in [1.165, 1.54) is 25.3 Å². The lowest BCUT2D eigenvalue weighted by Crippen LogP contribution is -2.40. The van der Waals surface area contributed by atoms with Crippen LogP contribution in [0.2, 0.25) is 0 Å². The molecule has 19 heavy (non-hydrogen) atoms. The highest BCUT2D eigenvalue weighted by Gasteiger charge is 2.27. The predicted molar refractivity (Wildman–Crippen MR) is 75.4 cm³/mol. The number of nitrogens with zero attached hydrogens (tertiary/aromatic N) is 2. The van der Waals surface area contributed by atoms with Gasteiger partial charge < -0.3 is 15.7 Å². The van der Waals surface area contributed by atoms with Gasteiger partial charge in [-0.15, -0.1) is 0 Å². The Morgan fingerprint density at radius 2 is 2.11 bits per heavy atom. The normalized spacial score (nSPS) is 23.1. The van der Waals surface area contributed by atoms with E-state index in [0.717, 1.165) is 6.42 Å². The number of anilines is 2. The first-order valence-electron chi connectivity index (χ1n) is 6.73. The summed E-state index contributed by atoms with van der Waals surface area (Å²) in [6.45, 7) is 2.23. The van der Waals surface area contributed by atoms with E-state index >= 15 is 0 Å². The van der Waals surface area contributed by atoms with Gasteiger partial charge in [0.25, 0.3) is 0 Å². The third kappa shape index (κ3) is 2.80. The molecule has 1 aliphatic carbocycles. The molecule has 1 aromatic rings. The zero-order chi connectivity index (χ0) is 14.0. The minimum atomic E-state index is -1.02. The van der Waals surface area contributed by atoms with Crippen LogP contribution in [0, 0.1) is 5.92 Å². The Balaban J connectivity index is 2.29. The average molecular weight is 263 g/mol. The number of hydrogen-bond acceptors (Lipinski definition) is 4. The lowest BCUT2D eigenvalue weighted by Gasteiger charge is -2.37. The largest absolute Gasteiger partial charge is 0.477 e. The van der Waals surface area contributed by atoms with Crippen LogP contribution in [0.5, 0.6) is 0 Å². The SMILES string of the molecule is CC1CCCCC1N(C)c1nc(C(=O)O)ccc1N. The monoisotopic (exact) mass is 263 g/mol. The van der Waals surface area contributed by atoms with Crippen LogP contribution in [0.3, 0.4) is 0 Å². The molecule has 2 rings (SSSR count). The van der Waals surface area contributed by atoms with E-state index in [1.807, 2.05) is 11.9 Å². The highest BCUT2D eigenvalue weighted by molar-refractivity contribution is 5.87. The Morgan fingerprint density at radius 3 is 2.74 bits per heavy atom. The van der Waals surface area contributed by atoms with Crippen LogP contribution in [0.15, 0.2) is 12.1 Å². The number of carboxylic acid groups (broad SMARTS) is 1. The fourth-order valence-corrected chi connectivity index (χ4v) is 2.89. The number of nitrogen functional groups attached to an aromatic ring is 1. The zero-order valence-corrected chi connectivity index (χ0v) is 11.5. The second-order valence-corrected chi connectivity index (χ2v) is 5.35. The molecule has 2 atom stereocenters. The van der Waals surface area contributed by atoms with Crippen LogP contribution < -0.4 is 10.6 Å². The maximum absolute atomic E-state index is 11.0. The number of aromatic nitrogens is 1. The first-order valence-corrected chi connectivity index (χ1v) is 6.73. The van der Waals surface area contributed by atoms with E-state index in [4.69, 9.17) is 10.8 Å². The topological polar surface area (TPSA) is 79.5 Å². The minimum absolute atomic E-state index is 0.0412. The molecule has 1 saturated carbocycles. The average Bonchev–Trinajstić information content (AvgIpc) is 2.38. The van der Waals surface area contributed by atoms with Gasteiger partial charge in [0.15, 0.2) is 11.5 Å². The van der Waals surface area contributed by atoms with Gasteiger partial charge in [0.05, 0.1) is 5.69 Å². The molecule has 0 saturated heterocycles. The van der Waals surface area contributed by atoms with Gasteiger partial charge in [0.2, 0.25) is 0 Å². The number of pyridine rings is 1. The number of carboxylic acids is 1.